The predicted molar refractivity (Wildman–Crippen MR) is 63.5 cm³/mol. The lowest BCUT2D eigenvalue weighted by Crippen LogP contribution is -2.30. The van der Waals surface area contributed by atoms with Crippen molar-refractivity contribution in [2.45, 2.75) is 65.3 Å². The van der Waals surface area contributed by atoms with E-state index in [0.29, 0.717) is 0 Å². The topological polar surface area (TPSA) is 12.0 Å². The summed E-state index contributed by atoms with van der Waals surface area (Å²) in [6, 6.07) is 0.788. The van der Waals surface area contributed by atoms with Gasteiger partial charge in [-0.25, -0.2) is 0 Å². The smallest absolute Gasteiger partial charge is 0.00695 e. The molecule has 1 fully saturated rings. The van der Waals surface area contributed by atoms with Crippen LogP contribution in [0.1, 0.15) is 59.3 Å². The fourth-order valence-corrected chi connectivity index (χ4v) is 2.09. The van der Waals surface area contributed by atoms with Crippen LogP contribution in [-0.2, 0) is 0 Å². The van der Waals surface area contributed by atoms with E-state index < -0.39 is 0 Å². The van der Waals surface area contributed by atoms with Gasteiger partial charge in [-0.05, 0) is 37.6 Å². The molecule has 14 heavy (non-hydrogen) atoms. The number of rotatable bonds is 8. The summed E-state index contributed by atoms with van der Waals surface area (Å²) in [5.74, 6) is 1.98. The van der Waals surface area contributed by atoms with E-state index in [1.165, 1.54) is 38.5 Å². The Morgan fingerprint density at radius 1 is 1.29 bits per heavy atom. The second kappa shape index (κ2) is 6.44. The molecule has 0 aromatic carbocycles. The van der Waals surface area contributed by atoms with Crippen molar-refractivity contribution in [2.24, 2.45) is 11.8 Å². The molecule has 2 atom stereocenters. The van der Waals surface area contributed by atoms with Crippen LogP contribution in [0.4, 0.5) is 0 Å². The Labute approximate surface area is 89.7 Å². The quantitative estimate of drug-likeness (QED) is 0.627. The van der Waals surface area contributed by atoms with Crippen LogP contribution in [0.2, 0.25) is 0 Å². The van der Waals surface area contributed by atoms with E-state index in [1.54, 1.807) is 0 Å². The van der Waals surface area contributed by atoms with E-state index in [4.69, 9.17) is 0 Å². The lowest BCUT2D eigenvalue weighted by molar-refractivity contribution is 0.370. The minimum atomic E-state index is 0.788. The third-order valence-corrected chi connectivity index (χ3v) is 3.50. The first-order chi connectivity index (χ1) is 6.76. The molecule has 2 unspecified atom stereocenters. The Kier molecular flexibility index (Phi) is 5.54. The van der Waals surface area contributed by atoms with Crippen LogP contribution in [0, 0.1) is 11.8 Å². The molecule has 0 aliphatic heterocycles. The summed E-state index contributed by atoms with van der Waals surface area (Å²) in [6.45, 7) is 8.03. The van der Waals surface area contributed by atoms with Crippen LogP contribution in [0.25, 0.3) is 0 Å². The summed E-state index contributed by atoms with van der Waals surface area (Å²) < 4.78 is 0. The van der Waals surface area contributed by atoms with E-state index in [-0.39, 0.29) is 0 Å². The van der Waals surface area contributed by atoms with Crippen molar-refractivity contribution in [2.75, 3.05) is 6.54 Å². The first-order valence-corrected chi connectivity index (χ1v) is 6.49. The number of hydrogen-bond donors (Lipinski definition) is 1. The highest BCUT2D eigenvalue weighted by Gasteiger charge is 2.22. The van der Waals surface area contributed by atoms with Gasteiger partial charge in [0.2, 0.25) is 0 Å². The molecule has 0 heterocycles. The largest absolute Gasteiger partial charge is 0.314 e. The van der Waals surface area contributed by atoms with Gasteiger partial charge in [0.25, 0.3) is 0 Å². The third kappa shape index (κ3) is 4.99. The van der Waals surface area contributed by atoms with Gasteiger partial charge < -0.3 is 5.32 Å². The fourth-order valence-electron chi connectivity index (χ4n) is 2.09. The zero-order valence-electron chi connectivity index (χ0n) is 10.2. The maximum Gasteiger partial charge on any atom is 0.00695 e. The lowest BCUT2D eigenvalue weighted by Gasteiger charge is -2.21. The van der Waals surface area contributed by atoms with Crippen molar-refractivity contribution in [1.29, 1.82) is 0 Å². The minimum absolute atomic E-state index is 0.788. The molecule has 1 heteroatoms. The second-order valence-corrected chi connectivity index (χ2v) is 5.02. The van der Waals surface area contributed by atoms with Gasteiger partial charge in [-0.3, -0.25) is 0 Å². The molecule has 0 aromatic rings. The summed E-state index contributed by atoms with van der Waals surface area (Å²) in [5, 5.41) is 3.63. The van der Waals surface area contributed by atoms with Gasteiger partial charge in [-0.1, -0.05) is 40.0 Å². The molecule has 84 valence electrons. The standard InChI is InChI=1S/C13H27N/c1-4-11(3)10-13(14-5-2)9-8-12-6-7-12/h11-14H,4-10H2,1-3H3. The van der Waals surface area contributed by atoms with E-state index in [2.05, 4.69) is 26.1 Å². The van der Waals surface area contributed by atoms with Crippen molar-refractivity contribution < 1.29 is 0 Å². The van der Waals surface area contributed by atoms with Gasteiger partial charge in [-0.2, -0.15) is 0 Å². The maximum atomic E-state index is 3.63. The first kappa shape index (κ1) is 12.0. The fraction of sp³-hybridized carbons (Fsp3) is 1.00. The third-order valence-electron chi connectivity index (χ3n) is 3.50. The second-order valence-electron chi connectivity index (χ2n) is 5.02. The molecule has 0 bridgehead atoms. The van der Waals surface area contributed by atoms with E-state index in [9.17, 15) is 0 Å². The molecule has 0 amide bonds. The van der Waals surface area contributed by atoms with Crippen molar-refractivity contribution in [3.05, 3.63) is 0 Å². The summed E-state index contributed by atoms with van der Waals surface area (Å²) in [6.07, 6.45) is 8.57. The Hall–Kier alpha value is -0.0400. The summed E-state index contributed by atoms with van der Waals surface area (Å²) in [4.78, 5) is 0. The van der Waals surface area contributed by atoms with Crippen molar-refractivity contribution in [3.8, 4) is 0 Å². The Morgan fingerprint density at radius 2 is 2.00 bits per heavy atom. The summed E-state index contributed by atoms with van der Waals surface area (Å²) >= 11 is 0. The average Bonchev–Trinajstić information content (AvgIpc) is 2.98. The molecule has 0 spiro atoms. The highest BCUT2D eigenvalue weighted by atomic mass is 14.9. The monoisotopic (exact) mass is 197 g/mol. The molecule has 0 radical (unpaired) electrons. The van der Waals surface area contributed by atoms with E-state index in [1.807, 2.05) is 0 Å². The average molecular weight is 197 g/mol. The maximum absolute atomic E-state index is 3.63. The Balaban J connectivity index is 2.14. The van der Waals surface area contributed by atoms with Gasteiger partial charge in [0, 0.05) is 6.04 Å². The minimum Gasteiger partial charge on any atom is -0.314 e. The van der Waals surface area contributed by atoms with Crippen LogP contribution in [0.15, 0.2) is 0 Å². The molecule has 1 rings (SSSR count). The van der Waals surface area contributed by atoms with Gasteiger partial charge in [0.1, 0.15) is 0 Å². The molecule has 1 N–H and O–H groups in total. The zero-order chi connectivity index (χ0) is 10.4. The van der Waals surface area contributed by atoms with Gasteiger partial charge in [0.15, 0.2) is 0 Å². The van der Waals surface area contributed by atoms with Gasteiger partial charge in [0.05, 0.1) is 0 Å². The van der Waals surface area contributed by atoms with E-state index in [0.717, 1.165) is 24.4 Å². The highest BCUT2D eigenvalue weighted by Crippen LogP contribution is 2.34. The zero-order valence-corrected chi connectivity index (χ0v) is 10.2. The van der Waals surface area contributed by atoms with Crippen LogP contribution >= 0.6 is 0 Å². The van der Waals surface area contributed by atoms with Crippen molar-refractivity contribution >= 4 is 0 Å². The normalized spacial score (nSPS) is 20.8. The molecule has 1 nitrogen and oxygen atoms in total. The van der Waals surface area contributed by atoms with Crippen molar-refractivity contribution in [1.82, 2.24) is 5.32 Å². The highest BCUT2D eigenvalue weighted by molar-refractivity contribution is 4.77. The SMILES string of the molecule is CCNC(CCC1CC1)CC(C)CC. The van der Waals surface area contributed by atoms with Crippen LogP contribution in [0.5, 0.6) is 0 Å². The Morgan fingerprint density at radius 3 is 2.50 bits per heavy atom. The van der Waals surface area contributed by atoms with Crippen molar-refractivity contribution in [3.63, 3.8) is 0 Å². The summed E-state index contributed by atoms with van der Waals surface area (Å²) in [7, 11) is 0. The molecule has 1 aliphatic rings. The lowest BCUT2D eigenvalue weighted by atomic mass is 9.95. The number of hydrogen-bond acceptors (Lipinski definition) is 1. The van der Waals surface area contributed by atoms with Crippen LogP contribution in [-0.4, -0.2) is 12.6 Å². The van der Waals surface area contributed by atoms with Gasteiger partial charge >= 0.3 is 0 Å². The van der Waals surface area contributed by atoms with E-state index >= 15 is 0 Å². The van der Waals surface area contributed by atoms with Gasteiger partial charge in [-0.15, -0.1) is 0 Å². The molecular formula is C13H27N. The summed E-state index contributed by atoms with van der Waals surface area (Å²) in [5.41, 5.74) is 0. The first-order valence-electron chi connectivity index (χ1n) is 6.49. The molecule has 1 aliphatic carbocycles. The number of nitrogens with one attached hydrogen (secondary N) is 1. The van der Waals surface area contributed by atoms with Crippen LogP contribution < -0.4 is 5.32 Å². The molecule has 1 saturated carbocycles. The molecule has 0 saturated heterocycles. The van der Waals surface area contributed by atoms with Crippen LogP contribution in [0.3, 0.4) is 0 Å². The molecular weight excluding hydrogens is 170 g/mol. The predicted octanol–water partition coefficient (Wildman–Crippen LogP) is 3.59. The Bertz CT molecular complexity index is 140. The molecule has 0 aromatic heterocycles.